The van der Waals surface area contributed by atoms with Gasteiger partial charge in [-0.3, -0.25) is 4.79 Å². The lowest BCUT2D eigenvalue weighted by Gasteiger charge is -2.06. The number of carbonyl (C=O) groups is 1. The monoisotopic (exact) mass is 301 g/mol. The molecule has 0 spiro atoms. The van der Waals surface area contributed by atoms with Crippen LogP contribution >= 0.6 is 11.8 Å². The van der Waals surface area contributed by atoms with Gasteiger partial charge in [0.1, 0.15) is 0 Å². The highest BCUT2D eigenvalue weighted by molar-refractivity contribution is 8.00. The maximum absolute atomic E-state index is 11.6. The first-order chi connectivity index (χ1) is 8.80. The molecule has 0 saturated heterocycles. The van der Waals surface area contributed by atoms with Crippen LogP contribution in [0.5, 0.6) is 0 Å². The van der Waals surface area contributed by atoms with E-state index in [-0.39, 0.29) is 17.9 Å². The number of benzene rings is 1. The van der Waals surface area contributed by atoms with Crippen LogP contribution < -0.4 is 5.73 Å². The second-order valence-electron chi connectivity index (χ2n) is 4.46. The molecule has 0 saturated carbocycles. The van der Waals surface area contributed by atoms with Gasteiger partial charge in [0.05, 0.1) is 11.5 Å². The molecule has 0 radical (unpaired) electrons. The van der Waals surface area contributed by atoms with E-state index >= 15 is 0 Å². The van der Waals surface area contributed by atoms with Crippen LogP contribution in [0.3, 0.4) is 0 Å². The van der Waals surface area contributed by atoms with Gasteiger partial charge in [-0.2, -0.15) is 0 Å². The summed E-state index contributed by atoms with van der Waals surface area (Å²) in [7, 11) is -3.19. The van der Waals surface area contributed by atoms with E-state index in [0.717, 1.165) is 4.90 Å². The summed E-state index contributed by atoms with van der Waals surface area (Å²) >= 11 is 1.51. The molecule has 1 rings (SSSR count). The van der Waals surface area contributed by atoms with Crippen molar-refractivity contribution in [1.82, 2.24) is 0 Å². The molecule has 0 heterocycles. The third-order valence-corrected chi connectivity index (χ3v) is 5.71. The first-order valence-electron chi connectivity index (χ1n) is 5.99. The van der Waals surface area contributed by atoms with Crippen molar-refractivity contribution in [3.63, 3.8) is 0 Å². The minimum atomic E-state index is -3.19. The minimum Gasteiger partial charge on any atom is -0.370 e. The summed E-state index contributed by atoms with van der Waals surface area (Å²) in [6, 6.07) is 6.07. The van der Waals surface area contributed by atoms with Crippen molar-refractivity contribution in [1.29, 1.82) is 0 Å². The van der Waals surface area contributed by atoms with E-state index in [1.165, 1.54) is 22.9 Å². The van der Waals surface area contributed by atoms with Crippen molar-refractivity contribution in [2.24, 2.45) is 5.73 Å². The summed E-state index contributed by atoms with van der Waals surface area (Å²) in [5.74, 6) is -0.178. The molecule has 0 fully saturated rings. The van der Waals surface area contributed by atoms with E-state index < -0.39 is 15.7 Å². The van der Waals surface area contributed by atoms with Gasteiger partial charge in [0.2, 0.25) is 5.91 Å². The summed E-state index contributed by atoms with van der Waals surface area (Å²) in [5.41, 5.74) is 7.36. The van der Waals surface area contributed by atoms with Gasteiger partial charge in [0.25, 0.3) is 0 Å². The third kappa shape index (κ3) is 6.11. The standard InChI is InChI=1S/C13H19NO3S2/c1-10-3-4-12(9-11(10)2)18-6-8-19(16,17)7-5-13(14)15/h3-4,9H,5-8H2,1-2H3,(H2,14,15). The average molecular weight is 301 g/mol. The average Bonchev–Trinajstić information content (AvgIpc) is 2.31. The van der Waals surface area contributed by atoms with E-state index in [1.54, 1.807) is 0 Å². The number of carbonyl (C=O) groups excluding carboxylic acids is 1. The zero-order valence-electron chi connectivity index (χ0n) is 11.2. The second kappa shape index (κ2) is 6.96. The van der Waals surface area contributed by atoms with E-state index in [4.69, 9.17) is 5.73 Å². The Labute approximate surface area is 118 Å². The van der Waals surface area contributed by atoms with E-state index in [9.17, 15) is 13.2 Å². The molecule has 0 unspecified atom stereocenters. The summed E-state index contributed by atoms with van der Waals surface area (Å²) in [6.45, 7) is 4.07. The normalized spacial score (nSPS) is 11.5. The van der Waals surface area contributed by atoms with Crippen LogP contribution in [0.4, 0.5) is 0 Å². The van der Waals surface area contributed by atoms with Crippen LogP contribution in [-0.2, 0) is 14.6 Å². The number of sulfone groups is 1. The molecule has 0 atom stereocenters. The van der Waals surface area contributed by atoms with Gasteiger partial charge in [-0.1, -0.05) is 6.07 Å². The second-order valence-corrected chi connectivity index (χ2v) is 7.93. The Morgan fingerprint density at radius 3 is 2.47 bits per heavy atom. The van der Waals surface area contributed by atoms with Gasteiger partial charge in [-0.05, 0) is 37.1 Å². The zero-order valence-corrected chi connectivity index (χ0v) is 12.8. The molecule has 4 nitrogen and oxygen atoms in total. The lowest BCUT2D eigenvalue weighted by Crippen LogP contribution is -2.19. The van der Waals surface area contributed by atoms with Crippen molar-refractivity contribution in [3.05, 3.63) is 29.3 Å². The van der Waals surface area contributed by atoms with Crippen LogP contribution in [0.15, 0.2) is 23.1 Å². The molecule has 0 aliphatic rings. The molecule has 19 heavy (non-hydrogen) atoms. The Morgan fingerprint density at radius 2 is 1.89 bits per heavy atom. The van der Waals surface area contributed by atoms with E-state index in [1.807, 2.05) is 26.0 Å². The lowest BCUT2D eigenvalue weighted by molar-refractivity contribution is -0.117. The lowest BCUT2D eigenvalue weighted by atomic mass is 10.1. The molecule has 0 bridgehead atoms. The first-order valence-corrected chi connectivity index (χ1v) is 8.79. The smallest absolute Gasteiger partial charge is 0.218 e. The summed E-state index contributed by atoms with van der Waals surface area (Å²) in [5, 5.41) is 0. The predicted molar refractivity (Wildman–Crippen MR) is 79.1 cm³/mol. The largest absolute Gasteiger partial charge is 0.370 e. The quantitative estimate of drug-likeness (QED) is 0.777. The number of hydrogen-bond acceptors (Lipinski definition) is 4. The van der Waals surface area contributed by atoms with E-state index in [2.05, 4.69) is 6.07 Å². The number of primary amides is 1. The Kier molecular flexibility index (Phi) is 5.87. The number of thioether (sulfide) groups is 1. The molecule has 1 aromatic carbocycles. The Hall–Kier alpha value is -1.01. The van der Waals surface area contributed by atoms with Crippen LogP contribution in [0.2, 0.25) is 0 Å². The number of nitrogens with two attached hydrogens (primary N) is 1. The van der Waals surface area contributed by atoms with Gasteiger partial charge in [-0.15, -0.1) is 11.8 Å². The van der Waals surface area contributed by atoms with Gasteiger partial charge >= 0.3 is 0 Å². The molecule has 0 aliphatic carbocycles. The highest BCUT2D eigenvalue weighted by Gasteiger charge is 2.12. The number of amides is 1. The van der Waals surface area contributed by atoms with Gasteiger partial charge < -0.3 is 5.73 Å². The molecule has 2 N–H and O–H groups in total. The highest BCUT2D eigenvalue weighted by Crippen LogP contribution is 2.21. The molecule has 106 valence electrons. The van der Waals surface area contributed by atoms with Crippen molar-refractivity contribution in [2.45, 2.75) is 25.2 Å². The van der Waals surface area contributed by atoms with Gasteiger partial charge in [-0.25, -0.2) is 8.42 Å². The summed E-state index contributed by atoms with van der Waals surface area (Å²) < 4.78 is 23.3. The maximum Gasteiger partial charge on any atom is 0.218 e. The van der Waals surface area contributed by atoms with Gasteiger partial charge in [0, 0.05) is 17.1 Å². The maximum atomic E-state index is 11.6. The highest BCUT2D eigenvalue weighted by atomic mass is 32.2. The fourth-order valence-electron chi connectivity index (χ4n) is 1.45. The first kappa shape index (κ1) is 16.0. The molecule has 6 heteroatoms. The van der Waals surface area contributed by atoms with Crippen LogP contribution in [0, 0.1) is 13.8 Å². The molecular formula is C13H19NO3S2. The zero-order chi connectivity index (χ0) is 14.5. The Bertz CT molecular complexity index is 553. The van der Waals surface area contributed by atoms with Crippen LogP contribution in [0.1, 0.15) is 17.5 Å². The van der Waals surface area contributed by atoms with Crippen LogP contribution in [-0.4, -0.2) is 31.6 Å². The third-order valence-electron chi connectivity index (χ3n) is 2.80. The van der Waals surface area contributed by atoms with Gasteiger partial charge in [0.15, 0.2) is 9.84 Å². The fourth-order valence-corrected chi connectivity index (χ4v) is 4.17. The Morgan fingerprint density at radius 1 is 1.21 bits per heavy atom. The number of aryl methyl sites for hydroxylation is 2. The topological polar surface area (TPSA) is 77.2 Å². The Balaban J connectivity index is 2.45. The van der Waals surface area contributed by atoms with Crippen LogP contribution in [0.25, 0.3) is 0 Å². The molecule has 1 amide bonds. The SMILES string of the molecule is Cc1ccc(SCCS(=O)(=O)CCC(N)=O)cc1C. The molecule has 1 aromatic rings. The van der Waals surface area contributed by atoms with Crippen molar-refractivity contribution < 1.29 is 13.2 Å². The fraction of sp³-hybridized carbons (Fsp3) is 0.462. The number of hydrogen-bond donors (Lipinski definition) is 1. The van der Waals surface area contributed by atoms with E-state index in [0.29, 0.717) is 5.75 Å². The van der Waals surface area contributed by atoms with Crippen molar-refractivity contribution in [2.75, 3.05) is 17.3 Å². The van der Waals surface area contributed by atoms with Crippen molar-refractivity contribution >= 4 is 27.5 Å². The molecule has 0 aliphatic heterocycles. The number of rotatable bonds is 7. The molecular weight excluding hydrogens is 282 g/mol. The predicted octanol–water partition coefficient (Wildman–Crippen LogP) is 1.69. The summed E-state index contributed by atoms with van der Waals surface area (Å²) in [4.78, 5) is 11.6. The summed E-state index contributed by atoms with van der Waals surface area (Å²) in [6.07, 6.45) is -0.101. The molecule has 0 aromatic heterocycles. The van der Waals surface area contributed by atoms with Crippen molar-refractivity contribution in [3.8, 4) is 0 Å². The minimum absolute atomic E-state index is 0.0673.